The van der Waals surface area contributed by atoms with Gasteiger partial charge >= 0.3 is 5.97 Å². The van der Waals surface area contributed by atoms with Crippen LogP contribution in [-0.2, 0) is 4.79 Å². The third-order valence-corrected chi connectivity index (χ3v) is 2.88. The van der Waals surface area contributed by atoms with E-state index in [1.165, 1.54) is 0 Å². The fourth-order valence-corrected chi connectivity index (χ4v) is 1.75. The van der Waals surface area contributed by atoms with Crippen molar-refractivity contribution in [3.8, 4) is 0 Å². The summed E-state index contributed by atoms with van der Waals surface area (Å²) in [6.07, 6.45) is 0. The molecule has 1 aromatic rings. The van der Waals surface area contributed by atoms with E-state index in [0.29, 0.717) is 5.92 Å². The van der Waals surface area contributed by atoms with Crippen LogP contribution in [0.3, 0.4) is 0 Å². The molecule has 3 heteroatoms. The van der Waals surface area contributed by atoms with Gasteiger partial charge < -0.3 is 10.8 Å². The summed E-state index contributed by atoms with van der Waals surface area (Å²) in [6, 6.07) is 5.97. The number of carbonyl (C=O) groups is 1. The predicted octanol–water partition coefficient (Wildman–Crippen LogP) is 2.25. The number of aliphatic carboxylic acids is 1. The Labute approximate surface area is 96.3 Å². The number of nitrogens with two attached hydrogens (primary N) is 1. The number of benzene rings is 1. The minimum atomic E-state index is -0.855. The van der Waals surface area contributed by atoms with Gasteiger partial charge in [0.2, 0.25) is 0 Å². The van der Waals surface area contributed by atoms with Crippen molar-refractivity contribution >= 4 is 5.97 Å². The normalized spacial score (nSPS) is 12.8. The Morgan fingerprint density at radius 1 is 1.44 bits per heavy atom. The molecule has 0 aliphatic heterocycles. The summed E-state index contributed by atoms with van der Waals surface area (Å²) in [5.74, 6) is -1.06. The predicted molar refractivity (Wildman–Crippen MR) is 64.7 cm³/mol. The maximum Gasteiger partial charge on any atom is 0.312 e. The first-order valence-electron chi connectivity index (χ1n) is 5.50. The van der Waals surface area contributed by atoms with E-state index in [4.69, 9.17) is 10.8 Å². The first kappa shape index (κ1) is 12.7. The van der Waals surface area contributed by atoms with Crippen molar-refractivity contribution in [1.29, 1.82) is 0 Å². The van der Waals surface area contributed by atoms with Crippen LogP contribution >= 0.6 is 0 Å². The summed E-state index contributed by atoms with van der Waals surface area (Å²) in [5.41, 5.74) is 8.50. The highest BCUT2D eigenvalue weighted by Crippen LogP contribution is 2.24. The molecule has 1 atom stereocenters. The summed E-state index contributed by atoms with van der Waals surface area (Å²) in [5, 5.41) is 9.10. The topological polar surface area (TPSA) is 63.3 Å². The standard InChI is InChI=1S/C13H19NO2/c1-8(2)10-5-4-9(3)11(6-10)12(7-14)13(15)16/h4-6,8,12H,7,14H2,1-3H3,(H,15,16). The Morgan fingerprint density at radius 3 is 2.50 bits per heavy atom. The van der Waals surface area contributed by atoms with E-state index in [-0.39, 0.29) is 6.54 Å². The first-order chi connectivity index (χ1) is 7.47. The minimum absolute atomic E-state index is 0.137. The highest BCUT2D eigenvalue weighted by atomic mass is 16.4. The van der Waals surface area contributed by atoms with Crippen LogP contribution in [0, 0.1) is 6.92 Å². The molecule has 1 unspecified atom stereocenters. The lowest BCUT2D eigenvalue weighted by Gasteiger charge is -2.16. The van der Waals surface area contributed by atoms with Crippen LogP contribution in [0.4, 0.5) is 0 Å². The Morgan fingerprint density at radius 2 is 2.06 bits per heavy atom. The van der Waals surface area contributed by atoms with Gasteiger partial charge in [-0.25, -0.2) is 0 Å². The van der Waals surface area contributed by atoms with Crippen LogP contribution < -0.4 is 5.73 Å². The van der Waals surface area contributed by atoms with Crippen molar-refractivity contribution in [2.24, 2.45) is 5.73 Å². The zero-order chi connectivity index (χ0) is 12.3. The molecule has 0 amide bonds. The lowest BCUT2D eigenvalue weighted by molar-refractivity contribution is -0.138. The molecule has 0 aliphatic carbocycles. The van der Waals surface area contributed by atoms with Crippen molar-refractivity contribution < 1.29 is 9.90 Å². The molecule has 0 aromatic heterocycles. The molecule has 0 bridgehead atoms. The van der Waals surface area contributed by atoms with Gasteiger partial charge in [-0.05, 0) is 29.5 Å². The van der Waals surface area contributed by atoms with E-state index in [1.807, 2.05) is 25.1 Å². The molecule has 0 saturated heterocycles. The summed E-state index contributed by atoms with van der Waals surface area (Å²) in [7, 11) is 0. The lowest BCUT2D eigenvalue weighted by Crippen LogP contribution is -2.22. The Kier molecular flexibility index (Phi) is 4.07. The van der Waals surface area contributed by atoms with Crippen molar-refractivity contribution in [2.75, 3.05) is 6.54 Å². The zero-order valence-corrected chi connectivity index (χ0v) is 10.0. The van der Waals surface area contributed by atoms with Gasteiger partial charge in [0.25, 0.3) is 0 Å². The van der Waals surface area contributed by atoms with Crippen LogP contribution in [0.2, 0.25) is 0 Å². The number of carboxylic acids is 1. The summed E-state index contributed by atoms with van der Waals surface area (Å²) >= 11 is 0. The molecular weight excluding hydrogens is 202 g/mol. The van der Waals surface area contributed by atoms with Crippen LogP contribution in [0.1, 0.15) is 42.4 Å². The minimum Gasteiger partial charge on any atom is -0.481 e. The number of carboxylic acid groups (broad SMARTS) is 1. The first-order valence-corrected chi connectivity index (χ1v) is 5.50. The van der Waals surface area contributed by atoms with Crippen molar-refractivity contribution in [3.63, 3.8) is 0 Å². The van der Waals surface area contributed by atoms with Crippen LogP contribution in [0.25, 0.3) is 0 Å². The summed E-state index contributed by atoms with van der Waals surface area (Å²) in [6.45, 7) is 6.24. The maximum absolute atomic E-state index is 11.1. The largest absolute Gasteiger partial charge is 0.481 e. The smallest absolute Gasteiger partial charge is 0.312 e. The third-order valence-electron chi connectivity index (χ3n) is 2.88. The summed E-state index contributed by atoms with van der Waals surface area (Å²) < 4.78 is 0. The van der Waals surface area contributed by atoms with Crippen LogP contribution in [0.5, 0.6) is 0 Å². The maximum atomic E-state index is 11.1. The number of hydrogen-bond acceptors (Lipinski definition) is 2. The van der Waals surface area contributed by atoms with Gasteiger partial charge in [0, 0.05) is 6.54 Å². The lowest BCUT2D eigenvalue weighted by atomic mass is 9.90. The molecule has 0 radical (unpaired) electrons. The molecule has 1 aromatic carbocycles. The average molecular weight is 221 g/mol. The molecule has 3 nitrogen and oxygen atoms in total. The van der Waals surface area contributed by atoms with Gasteiger partial charge in [0.15, 0.2) is 0 Å². The van der Waals surface area contributed by atoms with Gasteiger partial charge in [0.05, 0.1) is 5.92 Å². The molecule has 0 heterocycles. The fourth-order valence-electron chi connectivity index (χ4n) is 1.75. The van der Waals surface area contributed by atoms with Gasteiger partial charge in [0.1, 0.15) is 0 Å². The van der Waals surface area contributed by atoms with E-state index < -0.39 is 11.9 Å². The quantitative estimate of drug-likeness (QED) is 0.819. The molecule has 0 aliphatic rings. The van der Waals surface area contributed by atoms with E-state index in [9.17, 15) is 4.79 Å². The summed E-state index contributed by atoms with van der Waals surface area (Å²) in [4.78, 5) is 11.1. The van der Waals surface area contributed by atoms with E-state index in [1.54, 1.807) is 0 Å². The van der Waals surface area contributed by atoms with Crippen molar-refractivity contribution in [1.82, 2.24) is 0 Å². The Hall–Kier alpha value is -1.35. The van der Waals surface area contributed by atoms with E-state index >= 15 is 0 Å². The van der Waals surface area contributed by atoms with Gasteiger partial charge in [-0.3, -0.25) is 4.79 Å². The van der Waals surface area contributed by atoms with Gasteiger partial charge in [-0.1, -0.05) is 32.0 Å². The van der Waals surface area contributed by atoms with Crippen molar-refractivity contribution in [3.05, 3.63) is 34.9 Å². The molecule has 16 heavy (non-hydrogen) atoms. The Balaban J connectivity index is 3.19. The number of aryl methyl sites for hydroxylation is 1. The molecule has 1 rings (SSSR count). The second-order valence-corrected chi connectivity index (χ2v) is 4.40. The highest BCUT2D eigenvalue weighted by Gasteiger charge is 2.20. The average Bonchev–Trinajstić information content (AvgIpc) is 2.20. The van der Waals surface area contributed by atoms with E-state index in [0.717, 1.165) is 16.7 Å². The number of rotatable bonds is 4. The van der Waals surface area contributed by atoms with Crippen LogP contribution in [-0.4, -0.2) is 17.6 Å². The molecular formula is C13H19NO2. The molecule has 0 saturated carbocycles. The highest BCUT2D eigenvalue weighted by molar-refractivity contribution is 5.77. The third kappa shape index (κ3) is 2.61. The molecule has 0 fully saturated rings. The Bertz CT molecular complexity index is 386. The monoisotopic (exact) mass is 221 g/mol. The zero-order valence-electron chi connectivity index (χ0n) is 10.0. The van der Waals surface area contributed by atoms with Gasteiger partial charge in [-0.15, -0.1) is 0 Å². The second kappa shape index (κ2) is 5.12. The van der Waals surface area contributed by atoms with Crippen LogP contribution in [0.15, 0.2) is 18.2 Å². The van der Waals surface area contributed by atoms with Crippen molar-refractivity contribution in [2.45, 2.75) is 32.6 Å². The molecule has 3 N–H and O–H groups in total. The molecule has 0 spiro atoms. The van der Waals surface area contributed by atoms with Gasteiger partial charge in [-0.2, -0.15) is 0 Å². The van der Waals surface area contributed by atoms with E-state index in [2.05, 4.69) is 13.8 Å². The SMILES string of the molecule is Cc1ccc(C(C)C)cc1C(CN)C(=O)O. The second-order valence-electron chi connectivity index (χ2n) is 4.40. The molecule has 88 valence electrons. The number of hydrogen-bond donors (Lipinski definition) is 2. The fraction of sp³-hybridized carbons (Fsp3) is 0.462.